The molecule has 0 aliphatic carbocycles. The smallest absolute Gasteiger partial charge is 0.0499 e. The highest BCUT2D eigenvalue weighted by atomic mass is 32.1. The maximum atomic E-state index is 5.15. The van der Waals surface area contributed by atoms with E-state index in [1.165, 1.54) is 15.0 Å². The number of thiophene rings is 1. The van der Waals surface area contributed by atoms with E-state index in [1.54, 1.807) is 7.11 Å². The van der Waals surface area contributed by atoms with Crippen molar-refractivity contribution in [3.05, 3.63) is 35.2 Å². The number of rotatable bonds is 6. The lowest BCUT2D eigenvalue weighted by molar-refractivity contribution is 0.157. The molecule has 2 rings (SSSR count). The molecule has 0 bridgehead atoms. The van der Waals surface area contributed by atoms with E-state index in [9.17, 15) is 0 Å². The summed E-state index contributed by atoms with van der Waals surface area (Å²) in [6.07, 6.45) is 0. The second-order valence-corrected chi connectivity index (χ2v) is 5.99. The molecule has 3 heteroatoms. The van der Waals surface area contributed by atoms with Gasteiger partial charge in [0, 0.05) is 35.9 Å². The molecule has 2 aromatic rings. The number of ether oxygens (including phenoxy) is 1. The van der Waals surface area contributed by atoms with E-state index in [4.69, 9.17) is 4.74 Å². The molecule has 2 unspecified atom stereocenters. The van der Waals surface area contributed by atoms with Gasteiger partial charge in [-0.25, -0.2) is 0 Å². The Kier molecular flexibility index (Phi) is 4.75. The van der Waals surface area contributed by atoms with E-state index in [0.29, 0.717) is 12.0 Å². The van der Waals surface area contributed by atoms with E-state index in [-0.39, 0.29) is 0 Å². The summed E-state index contributed by atoms with van der Waals surface area (Å²) in [4.78, 5) is 1.40. The number of benzene rings is 1. The number of methoxy groups -OCH3 is 1. The molecule has 98 valence electrons. The summed E-state index contributed by atoms with van der Waals surface area (Å²) in [6.45, 7) is 6.23. The van der Waals surface area contributed by atoms with Gasteiger partial charge in [-0.05, 0) is 30.4 Å². The van der Waals surface area contributed by atoms with Crippen molar-refractivity contribution in [3.63, 3.8) is 0 Å². The second kappa shape index (κ2) is 6.32. The maximum Gasteiger partial charge on any atom is 0.0499 e. The lowest BCUT2D eigenvalue weighted by Crippen LogP contribution is -2.26. The van der Waals surface area contributed by atoms with Crippen molar-refractivity contribution in [2.75, 3.05) is 20.3 Å². The zero-order valence-corrected chi connectivity index (χ0v) is 12.1. The molecule has 0 amide bonds. The van der Waals surface area contributed by atoms with Crippen molar-refractivity contribution in [3.8, 4) is 0 Å². The first-order chi connectivity index (χ1) is 8.70. The Hall–Kier alpha value is -0.900. The lowest BCUT2D eigenvalue weighted by atomic mass is 10.1. The molecule has 0 radical (unpaired) electrons. The van der Waals surface area contributed by atoms with Crippen molar-refractivity contribution >= 4 is 21.4 Å². The summed E-state index contributed by atoms with van der Waals surface area (Å²) in [5, 5.41) is 4.92. The minimum atomic E-state index is 0.404. The molecule has 0 fully saturated rings. The van der Waals surface area contributed by atoms with Gasteiger partial charge in [0.2, 0.25) is 0 Å². The van der Waals surface area contributed by atoms with Crippen LogP contribution in [0.15, 0.2) is 30.3 Å². The third-order valence-electron chi connectivity index (χ3n) is 3.10. The molecule has 2 nitrogen and oxygen atoms in total. The number of fused-ring (bicyclic) bond motifs is 1. The van der Waals surface area contributed by atoms with E-state index in [0.717, 1.165) is 13.2 Å². The SMILES string of the molecule is COCC(C)CNC(C)c1cc2ccccc2s1. The summed E-state index contributed by atoms with van der Waals surface area (Å²) in [6, 6.07) is 11.2. The van der Waals surface area contributed by atoms with Gasteiger partial charge in [0.1, 0.15) is 0 Å². The van der Waals surface area contributed by atoms with Crippen LogP contribution in [0.2, 0.25) is 0 Å². The molecule has 18 heavy (non-hydrogen) atoms. The molecule has 0 aliphatic rings. The largest absolute Gasteiger partial charge is 0.384 e. The van der Waals surface area contributed by atoms with E-state index < -0.39 is 0 Å². The van der Waals surface area contributed by atoms with E-state index >= 15 is 0 Å². The van der Waals surface area contributed by atoms with Gasteiger partial charge < -0.3 is 10.1 Å². The highest BCUT2D eigenvalue weighted by molar-refractivity contribution is 7.19. The molecule has 0 aliphatic heterocycles. The van der Waals surface area contributed by atoms with Crippen LogP contribution in [0.25, 0.3) is 10.1 Å². The van der Waals surface area contributed by atoms with Gasteiger partial charge in [-0.15, -0.1) is 11.3 Å². The second-order valence-electron chi connectivity index (χ2n) is 4.88. The van der Waals surface area contributed by atoms with Crippen LogP contribution in [-0.2, 0) is 4.74 Å². The first-order valence-electron chi connectivity index (χ1n) is 6.41. The highest BCUT2D eigenvalue weighted by Crippen LogP contribution is 2.29. The molecule has 0 saturated carbocycles. The Labute approximate surface area is 113 Å². The van der Waals surface area contributed by atoms with Gasteiger partial charge >= 0.3 is 0 Å². The van der Waals surface area contributed by atoms with Crippen LogP contribution in [0.3, 0.4) is 0 Å². The van der Waals surface area contributed by atoms with Gasteiger partial charge in [-0.2, -0.15) is 0 Å². The third-order valence-corrected chi connectivity index (χ3v) is 4.39. The Morgan fingerprint density at radius 2 is 2.06 bits per heavy atom. The fourth-order valence-electron chi connectivity index (χ4n) is 2.04. The van der Waals surface area contributed by atoms with Crippen LogP contribution in [0.1, 0.15) is 24.8 Å². The first-order valence-corrected chi connectivity index (χ1v) is 7.23. The van der Waals surface area contributed by atoms with Crippen molar-refractivity contribution in [2.24, 2.45) is 5.92 Å². The average molecular weight is 263 g/mol. The van der Waals surface area contributed by atoms with Gasteiger partial charge in [-0.3, -0.25) is 0 Å². The van der Waals surface area contributed by atoms with Crippen LogP contribution in [-0.4, -0.2) is 20.3 Å². The summed E-state index contributed by atoms with van der Waals surface area (Å²) >= 11 is 1.88. The molecule has 1 N–H and O–H groups in total. The Bertz CT molecular complexity index is 461. The minimum Gasteiger partial charge on any atom is -0.384 e. The molecular formula is C15H21NOS. The molecule has 1 aromatic carbocycles. The lowest BCUT2D eigenvalue weighted by Gasteiger charge is -2.16. The molecule has 0 saturated heterocycles. The maximum absolute atomic E-state index is 5.15. The Morgan fingerprint density at radius 3 is 2.78 bits per heavy atom. The van der Waals surface area contributed by atoms with Crippen molar-refractivity contribution in [1.29, 1.82) is 0 Å². The van der Waals surface area contributed by atoms with Gasteiger partial charge in [-0.1, -0.05) is 25.1 Å². The zero-order chi connectivity index (χ0) is 13.0. The summed E-state index contributed by atoms with van der Waals surface area (Å²) in [7, 11) is 1.76. The Morgan fingerprint density at radius 1 is 1.28 bits per heavy atom. The van der Waals surface area contributed by atoms with E-state index in [1.807, 2.05) is 11.3 Å². The topological polar surface area (TPSA) is 21.3 Å². The summed E-state index contributed by atoms with van der Waals surface area (Å²) in [5.41, 5.74) is 0. The predicted molar refractivity (Wildman–Crippen MR) is 79.3 cm³/mol. The monoisotopic (exact) mass is 263 g/mol. The third kappa shape index (κ3) is 3.31. The van der Waals surface area contributed by atoms with Crippen LogP contribution < -0.4 is 5.32 Å². The van der Waals surface area contributed by atoms with Gasteiger partial charge in [0.15, 0.2) is 0 Å². The number of hydrogen-bond acceptors (Lipinski definition) is 3. The van der Waals surface area contributed by atoms with Crippen LogP contribution in [0.4, 0.5) is 0 Å². The fraction of sp³-hybridized carbons (Fsp3) is 0.467. The van der Waals surface area contributed by atoms with Gasteiger partial charge in [0.05, 0.1) is 0 Å². The normalized spacial score (nSPS) is 14.8. The quantitative estimate of drug-likeness (QED) is 0.855. The van der Waals surface area contributed by atoms with Crippen LogP contribution in [0.5, 0.6) is 0 Å². The van der Waals surface area contributed by atoms with Crippen molar-refractivity contribution in [2.45, 2.75) is 19.9 Å². The van der Waals surface area contributed by atoms with Crippen LogP contribution in [0, 0.1) is 5.92 Å². The molecule has 1 heterocycles. The Balaban J connectivity index is 1.98. The predicted octanol–water partition coefficient (Wildman–Crippen LogP) is 3.83. The zero-order valence-electron chi connectivity index (χ0n) is 11.3. The fourth-order valence-corrected chi connectivity index (χ4v) is 3.13. The minimum absolute atomic E-state index is 0.404. The standard InChI is InChI=1S/C15H21NOS/c1-11(10-17-3)9-16-12(2)15-8-13-6-4-5-7-14(13)18-15/h4-8,11-12,16H,9-10H2,1-3H3. The summed E-state index contributed by atoms with van der Waals surface area (Å²) in [5.74, 6) is 0.548. The van der Waals surface area contributed by atoms with Crippen LogP contribution >= 0.6 is 11.3 Å². The molecule has 1 aromatic heterocycles. The van der Waals surface area contributed by atoms with Gasteiger partial charge in [0.25, 0.3) is 0 Å². The van der Waals surface area contributed by atoms with Crippen molar-refractivity contribution in [1.82, 2.24) is 5.32 Å². The summed E-state index contributed by atoms with van der Waals surface area (Å²) < 4.78 is 6.52. The molecule has 0 spiro atoms. The number of nitrogens with one attached hydrogen (secondary N) is 1. The van der Waals surface area contributed by atoms with Crippen molar-refractivity contribution < 1.29 is 4.74 Å². The van der Waals surface area contributed by atoms with E-state index in [2.05, 4.69) is 49.5 Å². The highest BCUT2D eigenvalue weighted by Gasteiger charge is 2.10. The molecule has 2 atom stereocenters. The molecular weight excluding hydrogens is 242 g/mol. The average Bonchev–Trinajstić information content (AvgIpc) is 2.80. The number of hydrogen-bond donors (Lipinski definition) is 1. The first kappa shape index (κ1) is 13.5.